The van der Waals surface area contributed by atoms with E-state index >= 15 is 0 Å². The van der Waals surface area contributed by atoms with Crippen molar-refractivity contribution in [2.75, 3.05) is 7.11 Å². The first kappa shape index (κ1) is 19.9. The normalized spacial score (nSPS) is 11.9. The van der Waals surface area contributed by atoms with Crippen molar-refractivity contribution in [3.8, 4) is 11.4 Å². The number of benzene rings is 2. The smallest absolute Gasteiger partial charge is 0.233 e. The van der Waals surface area contributed by atoms with Crippen molar-refractivity contribution in [3.63, 3.8) is 0 Å². The van der Waals surface area contributed by atoms with Crippen LogP contribution in [0.15, 0.2) is 53.7 Å². The molecule has 2 aromatic carbocycles. The zero-order chi connectivity index (χ0) is 20.1. The Kier molecular flexibility index (Phi) is 6.36. The van der Waals surface area contributed by atoms with Crippen molar-refractivity contribution in [3.05, 3.63) is 65.5 Å². The van der Waals surface area contributed by atoms with E-state index in [0.29, 0.717) is 11.7 Å². The van der Waals surface area contributed by atoms with Gasteiger partial charge < -0.3 is 10.1 Å². The van der Waals surface area contributed by atoms with Gasteiger partial charge in [-0.25, -0.2) is 0 Å². The molecule has 1 atom stereocenters. The van der Waals surface area contributed by atoms with E-state index in [1.54, 1.807) is 7.11 Å². The van der Waals surface area contributed by atoms with Crippen LogP contribution < -0.4 is 10.1 Å². The van der Waals surface area contributed by atoms with Gasteiger partial charge >= 0.3 is 0 Å². The van der Waals surface area contributed by atoms with E-state index in [1.165, 1.54) is 11.8 Å². The molecule has 0 radical (unpaired) electrons. The molecule has 1 heterocycles. The van der Waals surface area contributed by atoms with E-state index in [-0.39, 0.29) is 11.2 Å². The summed E-state index contributed by atoms with van der Waals surface area (Å²) in [7, 11) is 1.62. The van der Waals surface area contributed by atoms with Crippen LogP contribution in [0.2, 0.25) is 0 Å². The van der Waals surface area contributed by atoms with Crippen molar-refractivity contribution in [2.24, 2.45) is 0 Å². The predicted octanol–water partition coefficient (Wildman–Crippen LogP) is 3.69. The van der Waals surface area contributed by atoms with Gasteiger partial charge in [0.1, 0.15) is 11.6 Å². The van der Waals surface area contributed by atoms with Gasteiger partial charge in [0.2, 0.25) is 5.91 Å². The first-order chi connectivity index (χ1) is 13.5. The summed E-state index contributed by atoms with van der Waals surface area (Å²) >= 11 is 1.39. The maximum Gasteiger partial charge on any atom is 0.233 e. The lowest BCUT2D eigenvalue weighted by atomic mass is 10.2. The molecule has 0 saturated carbocycles. The number of ether oxygens (including phenoxy) is 1. The molecule has 3 aromatic rings. The average Bonchev–Trinajstić information content (AvgIpc) is 3.06. The highest BCUT2D eigenvalue weighted by molar-refractivity contribution is 8.00. The standard InChI is InChI=1S/C21H24N4O2S/c1-14-9-5-7-11-18(14)25-16(3)23-24-21(25)28-15(2)20(26)22-13-17-10-6-8-12-19(17)27-4/h5-12,15H,13H2,1-4H3,(H,22,26). The van der Waals surface area contributed by atoms with Crippen LogP contribution in [0.5, 0.6) is 5.75 Å². The third-order valence-electron chi connectivity index (χ3n) is 4.45. The number of rotatable bonds is 7. The lowest BCUT2D eigenvalue weighted by molar-refractivity contribution is -0.120. The number of aromatic nitrogens is 3. The van der Waals surface area contributed by atoms with E-state index in [0.717, 1.165) is 28.4 Å². The summed E-state index contributed by atoms with van der Waals surface area (Å²) < 4.78 is 7.32. The van der Waals surface area contributed by atoms with Crippen LogP contribution in [0.1, 0.15) is 23.9 Å². The Morgan fingerprint density at radius 3 is 2.61 bits per heavy atom. The second-order valence-electron chi connectivity index (χ2n) is 6.44. The predicted molar refractivity (Wildman–Crippen MR) is 111 cm³/mol. The number of methoxy groups -OCH3 is 1. The zero-order valence-corrected chi connectivity index (χ0v) is 17.3. The summed E-state index contributed by atoms with van der Waals surface area (Å²) in [5.41, 5.74) is 3.09. The highest BCUT2D eigenvalue weighted by Crippen LogP contribution is 2.27. The number of hydrogen-bond donors (Lipinski definition) is 1. The highest BCUT2D eigenvalue weighted by atomic mass is 32.2. The lowest BCUT2D eigenvalue weighted by Crippen LogP contribution is -2.30. The molecule has 6 nitrogen and oxygen atoms in total. The molecule has 0 aliphatic heterocycles. The fourth-order valence-electron chi connectivity index (χ4n) is 2.90. The maximum atomic E-state index is 12.6. The summed E-state index contributed by atoms with van der Waals surface area (Å²) in [5.74, 6) is 1.49. The molecule has 0 spiro atoms. The van der Waals surface area contributed by atoms with Crippen LogP contribution in [0.25, 0.3) is 5.69 Å². The van der Waals surface area contributed by atoms with Crippen molar-refractivity contribution < 1.29 is 9.53 Å². The quantitative estimate of drug-likeness (QED) is 0.617. The summed E-state index contributed by atoms with van der Waals surface area (Å²) in [6, 6.07) is 15.7. The highest BCUT2D eigenvalue weighted by Gasteiger charge is 2.20. The molecule has 146 valence electrons. The van der Waals surface area contributed by atoms with Gasteiger partial charge in [-0.15, -0.1) is 10.2 Å². The van der Waals surface area contributed by atoms with Crippen molar-refractivity contribution >= 4 is 17.7 Å². The van der Waals surface area contributed by atoms with Crippen molar-refractivity contribution in [1.29, 1.82) is 0 Å². The van der Waals surface area contributed by atoms with Gasteiger partial charge in [0.05, 0.1) is 18.0 Å². The molecule has 0 saturated heterocycles. The Morgan fingerprint density at radius 1 is 1.14 bits per heavy atom. The van der Waals surface area contributed by atoms with E-state index in [2.05, 4.69) is 15.5 Å². The number of hydrogen-bond acceptors (Lipinski definition) is 5. The molecule has 28 heavy (non-hydrogen) atoms. The lowest BCUT2D eigenvalue weighted by Gasteiger charge is -2.15. The van der Waals surface area contributed by atoms with Gasteiger partial charge in [0.15, 0.2) is 5.16 Å². The van der Waals surface area contributed by atoms with E-state index in [4.69, 9.17) is 4.74 Å². The molecule has 1 aromatic heterocycles. The Hall–Kier alpha value is -2.80. The van der Waals surface area contributed by atoms with E-state index in [1.807, 2.05) is 73.9 Å². The van der Waals surface area contributed by atoms with Gasteiger partial charge in [-0.2, -0.15) is 0 Å². The van der Waals surface area contributed by atoms with E-state index in [9.17, 15) is 4.79 Å². The monoisotopic (exact) mass is 396 g/mol. The number of para-hydroxylation sites is 2. The minimum Gasteiger partial charge on any atom is -0.496 e. The molecule has 0 aliphatic rings. The molecule has 3 rings (SSSR count). The fraction of sp³-hybridized carbons (Fsp3) is 0.286. The van der Waals surface area contributed by atoms with Crippen LogP contribution in [0, 0.1) is 13.8 Å². The number of nitrogens with one attached hydrogen (secondary N) is 1. The topological polar surface area (TPSA) is 69.0 Å². The number of nitrogens with zero attached hydrogens (tertiary/aromatic N) is 3. The maximum absolute atomic E-state index is 12.6. The van der Waals surface area contributed by atoms with Gasteiger partial charge in [-0.1, -0.05) is 48.2 Å². The molecule has 1 amide bonds. The van der Waals surface area contributed by atoms with Crippen LogP contribution in [0.4, 0.5) is 0 Å². The van der Waals surface area contributed by atoms with Gasteiger partial charge in [0, 0.05) is 12.1 Å². The number of carbonyl (C=O) groups is 1. The fourth-order valence-corrected chi connectivity index (χ4v) is 3.83. The Morgan fingerprint density at radius 2 is 1.86 bits per heavy atom. The minimum atomic E-state index is -0.318. The van der Waals surface area contributed by atoms with Gasteiger partial charge in [-0.3, -0.25) is 9.36 Å². The second-order valence-corrected chi connectivity index (χ2v) is 7.75. The van der Waals surface area contributed by atoms with Crippen molar-refractivity contribution in [1.82, 2.24) is 20.1 Å². The third-order valence-corrected chi connectivity index (χ3v) is 5.49. The van der Waals surface area contributed by atoms with Crippen molar-refractivity contribution in [2.45, 2.75) is 37.7 Å². The van der Waals surface area contributed by atoms with Crippen LogP contribution >= 0.6 is 11.8 Å². The van der Waals surface area contributed by atoms with Gasteiger partial charge in [0.25, 0.3) is 0 Å². The summed E-state index contributed by atoms with van der Waals surface area (Å²) in [4.78, 5) is 12.6. The minimum absolute atomic E-state index is 0.0621. The molecule has 1 unspecified atom stereocenters. The SMILES string of the molecule is COc1ccccc1CNC(=O)C(C)Sc1nnc(C)n1-c1ccccc1C. The Bertz CT molecular complexity index is 971. The average molecular weight is 397 g/mol. The number of aryl methyl sites for hydroxylation is 2. The van der Waals surface area contributed by atoms with E-state index < -0.39 is 0 Å². The zero-order valence-electron chi connectivity index (χ0n) is 16.5. The number of thioether (sulfide) groups is 1. The summed E-state index contributed by atoms with van der Waals surface area (Å²) in [6.07, 6.45) is 0. The Balaban J connectivity index is 1.71. The molecular weight excluding hydrogens is 372 g/mol. The van der Waals surface area contributed by atoms with Crippen LogP contribution in [-0.4, -0.2) is 33.0 Å². The first-order valence-electron chi connectivity index (χ1n) is 9.05. The molecular formula is C21H24N4O2S. The number of carbonyl (C=O) groups excluding carboxylic acids is 1. The molecule has 0 fully saturated rings. The Labute approximate surface area is 169 Å². The third kappa shape index (κ3) is 4.36. The number of amides is 1. The van der Waals surface area contributed by atoms with Crippen LogP contribution in [0.3, 0.4) is 0 Å². The molecule has 1 N–H and O–H groups in total. The molecule has 7 heteroatoms. The second kappa shape index (κ2) is 8.93. The van der Waals surface area contributed by atoms with Gasteiger partial charge in [-0.05, 0) is 38.5 Å². The van der Waals surface area contributed by atoms with Crippen LogP contribution in [-0.2, 0) is 11.3 Å². The summed E-state index contributed by atoms with van der Waals surface area (Å²) in [6.45, 7) is 6.24. The largest absolute Gasteiger partial charge is 0.496 e. The summed E-state index contributed by atoms with van der Waals surface area (Å²) in [5, 5.41) is 11.8. The first-order valence-corrected chi connectivity index (χ1v) is 9.93. The molecule has 0 aliphatic carbocycles. The molecule has 0 bridgehead atoms.